The van der Waals surface area contributed by atoms with Crippen LogP contribution in [0.1, 0.15) is 30.6 Å². The Balaban J connectivity index is 2.76. The van der Waals surface area contributed by atoms with Gasteiger partial charge < -0.3 is 5.32 Å². The molecule has 7 heteroatoms. The van der Waals surface area contributed by atoms with Crippen LogP contribution in [0.5, 0.6) is 0 Å². The zero-order valence-electron chi connectivity index (χ0n) is 11.4. The second kappa shape index (κ2) is 8.11. The van der Waals surface area contributed by atoms with Gasteiger partial charge in [0.1, 0.15) is 5.56 Å². The van der Waals surface area contributed by atoms with Crippen molar-refractivity contribution in [2.45, 2.75) is 26.3 Å². The fourth-order valence-corrected chi connectivity index (χ4v) is 2.61. The molecule has 1 atom stereocenters. The van der Waals surface area contributed by atoms with Gasteiger partial charge in [-0.3, -0.25) is 14.9 Å². The highest BCUT2D eigenvalue weighted by Crippen LogP contribution is 2.22. The number of carbonyl (C=O) groups is 1. The van der Waals surface area contributed by atoms with Crippen molar-refractivity contribution in [1.82, 2.24) is 5.32 Å². The Kier molecular flexibility index (Phi) is 6.81. The standard InChI is InChI=1S/C13H17ClN2O3S/c1-3-20-7-6-9(2)15-13(17)11-8-10(14)4-5-12(11)16(18)19/h4-5,8-9H,3,6-7H2,1-2H3,(H,15,17). The highest BCUT2D eigenvalue weighted by atomic mass is 35.5. The summed E-state index contributed by atoms with van der Waals surface area (Å²) in [6.07, 6.45) is 0.818. The lowest BCUT2D eigenvalue weighted by atomic mass is 10.1. The topological polar surface area (TPSA) is 72.2 Å². The quantitative estimate of drug-likeness (QED) is 0.474. The van der Waals surface area contributed by atoms with Gasteiger partial charge in [-0.05, 0) is 37.0 Å². The van der Waals surface area contributed by atoms with E-state index in [1.54, 1.807) is 11.8 Å². The molecule has 0 heterocycles. The molecule has 1 amide bonds. The van der Waals surface area contributed by atoms with Crippen molar-refractivity contribution in [2.24, 2.45) is 0 Å². The Morgan fingerprint density at radius 2 is 2.25 bits per heavy atom. The lowest BCUT2D eigenvalue weighted by Crippen LogP contribution is -2.33. The molecule has 1 N–H and O–H groups in total. The summed E-state index contributed by atoms with van der Waals surface area (Å²) in [6.45, 7) is 3.95. The molecule has 0 fully saturated rings. The predicted molar refractivity (Wildman–Crippen MR) is 82.7 cm³/mol. The Morgan fingerprint density at radius 1 is 1.55 bits per heavy atom. The number of nitrogens with one attached hydrogen (secondary N) is 1. The molecule has 5 nitrogen and oxygen atoms in total. The van der Waals surface area contributed by atoms with Crippen LogP contribution in [0.3, 0.4) is 0 Å². The van der Waals surface area contributed by atoms with Gasteiger partial charge in [-0.15, -0.1) is 0 Å². The molecule has 1 unspecified atom stereocenters. The van der Waals surface area contributed by atoms with E-state index in [0.29, 0.717) is 5.02 Å². The van der Waals surface area contributed by atoms with Crippen LogP contribution in [-0.4, -0.2) is 28.4 Å². The minimum atomic E-state index is -0.581. The van der Waals surface area contributed by atoms with Gasteiger partial charge in [0.05, 0.1) is 4.92 Å². The Bertz CT molecular complexity index is 497. The van der Waals surface area contributed by atoms with Crippen molar-refractivity contribution in [3.05, 3.63) is 38.9 Å². The zero-order valence-corrected chi connectivity index (χ0v) is 13.0. The van der Waals surface area contributed by atoms with E-state index in [2.05, 4.69) is 12.2 Å². The number of hydrogen-bond acceptors (Lipinski definition) is 4. The highest BCUT2D eigenvalue weighted by Gasteiger charge is 2.21. The Morgan fingerprint density at radius 3 is 2.85 bits per heavy atom. The number of rotatable bonds is 7. The number of nitrogens with zero attached hydrogens (tertiary/aromatic N) is 1. The number of nitro benzene ring substituents is 1. The molecule has 0 aliphatic heterocycles. The number of nitro groups is 1. The summed E-state index contributed by atoms with van der Waals surface area (Å²) < 4.78 is 0. The molecule has 0 aliphatic rings. The van der Waals surface area contributed by atoms with E-state index >= 15 is 0 Å². The minimum absolute atomic E-state index is 0.00232. The molecular formula is C13H17ClN2O3S. The average Bonchev–Trinajstić information content (AvgIpc) is 2.38. The van der Waals surface area contributed by atoms with Gasteiger partial charge in [0.25, 0.3) is 11.6 Å². The number of halogens is 1. The maximum Gasteiger partial charge on any atom is 0.282 e. The van der Waals surface area contributed by atoms with Crippen LogP contribution in [0.15, 0.2) is 18.2 Å². The Labute approximate surface area is 127 Å². The third-order valence-corrected chi connectivity index (χ3v) is 3.84. The zero-order chi connectivity index (χ0) is 15.1. The van der Waals surface area contributed by atoms with Crippen LogP contribution in [-0.2, 0) is 0 Å². The first-order valence-electron chi connectivity index (χ1n) is 6.28. The molecule has 1 aromatic rings. The van der Waals surface area contributed by atoms with Crippen molar-refractivity contribution in [2.75, 3.05) is 11.5 Å². The van der Waals surface area contributed by atoms with Gasteiger partial charge >= 0.3 is 0 Å². The summed E-state index contributed by atoms with van der Waals surface area (Å²) >= 11 is 7.59. The van der Waals surface area contributed by atoms with Crippen LogP contribution >= 0.6 is 23.4 Å². The van der Waals surface area contributed by atoms with Gasteiger partial charge in [0.15, 0.2) is 0 Å². The number of hydrogen-bond donors (Lipinski definition) is 1. The molecule has 1 aromatic carbocycles. The van der Waals surface area contributed by atoms with Crippen molar-refractivity contribution >= 4 is 35.0 Å². The van der Waals surface area contributed by atoms with Gasteiger partial charge in [0, 0.05) is 17.1 Å². The lowest BCUT2D eigenvalue weighted by Gasteiger charge is -2.13. The molecule has 0 spiro atoms. The summed E-state index contributed by atoms with van der Waals surface area (Å²) in [4.78, 5) is 22.4. The van der Waals surface area contributed by atoms with Crippen molar-refractivity contribution < 1.29 is 9.72 Å². The van der Waals surface area contributed by atoms with Gasteiger partial charge in [-0.1, -0.05) is 18.5 Å². The summed E-state index contributed by atoms with van der Waals surface area (Å²) in [5.74, 6) is 1.50. The van der Waals surface area contributed by atoms with Gasteiger partial charge in [-0.25, -0.2) is 0 Å². The van der Waals surface area contributed by atoms with E-state index < -0.39 is 10.8 Å². The van der Waals surface area contributed by atoms with Crippen LogP contribution in [0.2, 0.25) is 5.02 Å². The first kappa shape index (κ1) is 16.8. The molecule has 20 heavy (non-hydrogen) atoms. The molecular weight excluding hydrogens is 300 g/mol. The highest BCUT2D eigenvalue weighted by molar-refractivity contribution is 7.99. The maximum absolute atomic E-state index is 12.1. The van der Waals surface area contributed by atoms with Crippen molar-refractivity contribution in [1.29, 1.82) is 0 Å². The monoisotopic (exact) mass is 316 g/mol. The molecule has 0 bridgehead atoms. The molecule has 0 saturated carbocycles. The first-order chi connectivity index (χ1) is 9.45. The van der Waals surface area contributed by atoms with E-state index in [1.165, 1.54) is 18.2 Å². The Hall–Kier alpha value is -1.27. The molecule has 0 aliphatic carbocycles. The average molecular weight is 317 g/mol. The maximum atomic E-state index is 12.1. The van der Waals surface area contributed by atoms with E-state index in [9.17, 15) is 14.9 Å². The summed E-state index contributed by atoms with van der Waals surface area (Å²) in [5.41, 5.74) is -0.237. The van der Waals surface area contributed by atoms with Crippen molar-refractivity contribution in [3.63, 3.8) is 0 Å². The van der Waals surface area contributed by atoms with E-state index in [1.807, 2.05) is 6.92 Å². The minimum Gasteiger partial charge on any atom is -0.349 e. The van der Waals surface area contributed by atoms with Gasteiger partial charge in [-0.2, -0.15) is 11.8 Å². The van der Waals surface area contributed by atoms with Crippen LogP contribution < -0.4 is 5.32 Å². The van der Waals surface area contributed by atoms with Crippen LogP contribution in [0.25, 0.3) is 0 Å². The second-order valence-electron chi connectivity index (χ2n) is 4.28. The number of carbonyl (C=O) groups excluding carboxylic acids is 1. The third kappa shape index (κ3) is 5.02. The molecule has 1 rings (SSSR count). The first-order valence-corrected chi connectivity index (χ1v) is 7.81. The fourth-order valence-electron chi connectivity index (χ4n) is 1.63. The molecule has 0 aromatic heterocycles. The summed E-state index contributed by atoms with van der Waals surface area (Å²) in [5, 5.41) is 14.0. The summed E-state index contributed by atoms with van der Waals surface area (Å²) in [7, 11) is 0. The van der Waals surface area contributed by atoms with Crippen LogP contribution in [0, 0.1) is 10.1 Å². The normalized spacial score (nSPS) is 11.9. The third-order valence-electron chi connectivity index (χ3n) is 2.68. The largest absolute Gasteiger partial charge is 0.349 e. The number of benzene rings is 1. The van der Waals surface area contributed by atoms with E-state index in [0.717, 1.165) is 17.9 Å². The smallest absolute Gasteiger partial charge is 0.282 e. The fraction of sp³-hybridized carbons (Fsp3) is 0.462. The lowest BCUT2D eigenvalue weighted by molar-refractivity contribution is -0.385. The van der Waals surface area contributed by atoms with Crippen molar-refractivity contribution in [3.8, 4) is 0 Å². The second-order valence-corrected chi connectivity index (χ2v) is 6.11. The summed E-state index contributed by atoms with van der Waals surface area (Å²) in [6, 6.07) is 3.93. The molecule has 0 radical (unpaired) electrons. The van der Waals surface area contributed by atoms with Gasteiger partial charge in [0.2, 0.25) is 0 Å². The predicted octanol–water partition coefficient (Wildman–Crippen LogP) is 3.51. The SMILES string of the molecule is CCSCCC(C)NC(=O)c1cc(Cl)ccc1[N+](=O)[O-]. The molecule has 110 valence electrons. The van der Waals surface area contributed by atoms with E-state index in [-0.39, 0.29) is 17.3 Å². The van der Waals surface area contributed by atoms with E-state index in [4.69, 9.17) is 11.6 Å². The molecule has 0 saturated heterocycles. The van der Waals surface area contributed by atoms with Crippen LogP contribution in [0.4, 0.5) is 5.69 Å². The number of thioether (sulfide) groups is 1. The number of amides is 1.